The number of halogens is 1. The van der Waals surface area contributed by atoms with Gasteiger partial charge in [0.15, 0.2) is 5.82 Å². The van der Waals surface area contributed by atoms with Crippen LogP contribution < -0.4 is 10.2 Å². The lowest BCUT2D eigenvalue weighted by atomic mass is 10.1. The fourth-order valence-corrected chi connectivity index (χ4v) is 4.72. The van der Waals surface area contributed by atoms with Crippen molar-refractivity contribution >= 4 is 33.3 Å². The lowest BCUT2D eigenvalue weighted by Crippen LogP contribution is -2.38. The van der Waals surface area contributed by atoms with Crippen molar-refractivity contribution in [3.8, 4) is 17.2 Å². The van der Waals surface area contributed by atoms with Crippen LogP contribution in [0.25, 0.3) is 17.2 Å². The Kier molecular flexibility index (Phi) is 6.51. The predicted molar refractivity (Wildman–Crippen MR) is 134 cm³/mol. The third kappa shape index (κ3) is 4.40. The van der Waals surface area contributed by atoms with Crippen LogP contribution in [0.4, 0.5) is 11.4 Å². The number of nitrogens with zero attached hydrogens (tertiary/aromatic N) is 5. The number of carbonyl (C=O) groups excluding carboxylic acids is 1. The van der Waals surface area contributed by atoms with E-state index in [0.29, 0.717) is 31.1 Å². The molecular formula is C24H24BrN7O3. The van der Waals surface area contributed by atoms with E-state index in [1.807, 2.05) is 47.9 Å². The molecule has 2 aromatic carbocycles. The van der Waals surface area contributed by atoms with Gasteiger partial charge in [0.2, 0.25) is 6.35 Å². The summed E-state index contributed by atoms with van der Waals surface area (Å²) in [7, 11) is 0. The average Bonchev–Trinajstić information content (AvgIpc) is 3.60. The van der Waals surface area contributed by atoms with Crippen LogP contribution in [0.15, 0.2) is 59.2 Å². The maximum atomic E-state index is 12.7. The van der Waals surface area contributed by atoms with Crippen LogP contribution >= 0.6 is 15.9 Å². The second-order valence-corrected chi connectivity index (χ2v) is 8.61. The van der Waals surface area contributed by atoms with Crippen LogP contribution in [0, 0.1) is 0 Å². The molecule has 1 atom stereocenters. The van der Waals surface area contributed by atoms with Crippen molar-refractivity contribution in [2.45, 2.75) is 26.7 Å². The Labute approximate surface area is 210 Å². The lowest BCUT2D eigenvalue weighted by Gasteiger charge is -2.27. The highest BCUT2D eigenvalue weighted by atomic mass is 79.9. The van der Waals surface area contributed by atoms with E-state index in [0.717, 1.165) is 32.9 Å². The third-order valence-corrected chi connectivity index (χ3v) is 6.29. The molecule has 5 rings (SSSR count). The molecule has 180 valence electrons. The van der Waals surface area contributed by atoms with E-state index in [1.54, 1.807) is 13.0 Å². The van der Waals surface area contributed by atoms with Gasteiger partial charge >= 0.3 is 5.97 Å². The number of benzene rings is 2. The molecule has 11 heteroatoms. The smallest absolute Gasteiger partial charge is 0.340 e. The minimum absolute atomic E-state index is 0.313. The first-order valence-electron chi connectivity index (χ1n) is 11.3. The van der Waals surface area contributed by atoms with Crippen molar-refractivity contribution in [2.24, 2.45) is 0 Å². The van der Waals surface area contributed by atoms with E-state index < -0.39 is 6.35 Å². The zero-order valence-corrected chi connectivity index (χ0v) is 20.8. The van der Waals surface area contributed by atoms with E-state index in [4.69, 9.17) is 9.47 Å². The molecule has 2 aromatic heterocycles. The molecule has 0 amide bonds. The average molecular weight is 538 g/mol. The maximum absolute atomic E-state index is 12.7. The van der Waals surface area contributed by atoms with E-state index in [2.05, 4.69) is 58.9 Å². The van der Waals surface area contributed by atoms with Crippen molar-refractivity contribution in [2.75, 3.05) is 23.4 Å². The van der Waals surface area contributed by atoms with Crippen molar-refractivity contribution in [3.05, 3.63) is 70.3 Å². The van der Waals surface area contributed by atoms with Gasteiger partial charge in [-0.15, -0.1) is 5.10 Å². The SMILES string of the molecule is CCOC(=O)c1cccc2c1N(Cc1ccc(-n3c(Br)ccc3-c3nnn[nH]3)cc1)C(OCC)N2. The molecule has 0 saturated carbocycles. The van der Waals surface area contributed by atoms with Gasteiger partial charge in [0.1, 0.15) is 0 Å². The molecule has 4 aromatic rings. The summed E-state index contributed by atoms with van der Waals surface area (Å²) in [5.41, 5.74) is 4.97. The normalized spacial score (nSPS) is 14.6. The molecular weight excluding hydrogens is 514 g/mol. The summed E-state index contributed by atoms with van der Waals surface area (Å²) >= 11 is 3.61. The number of aromatic amines is 1. The maximum Gasteiger partial charge on any atom is 0.340 e. The number of aromatic nitrogens is 5. The zero-order valence-electron chi connectivity index (χ0n) is 19.2. The molecule has 35 heavy (non-hydrogen) atoms. The van der Waals surface area contributed by atoms with Crippen LogP contribution in [-0.2, 0) is 16.0 Å². The summed E-state index contributed by atoms with van der Waals surface area (Å²) in [4.78, 5) is 14.7. The van der Waals surface area contributed by atoms with Gasteiger partial charge in [-0.3, -0.25) is 0 Å². The molecule has 1 aliphatic heterocycles. The van der Waals surface area contributed by atoms with Gasteiger partial charge in [0.05, 0.1) is 33.8 Å². The number of hydrogen-bond acceptors (Lipinski definition) is 8. The number of tetrazole rings is 1. The van der Waals surface area contributed by atoms with Gasteiger partial charge in [-0.2, -0.15) is 0 Å². The van der Waals surface area contributed by atoms with Crippen molar-refractivity contribution < 1.29 is 14.3 Å². The van der Waals surface area contributed by atoms with Gasteiger partial charge in [-0.1, -0.05) is 18.2 Å². The largest absolute Gasteiger partial charge is 0.462 e. The van der Waals surface area contributed by atoms with Gasteiger partial charge < -0.3 is 24.3 Å². The molecule has 0 radical (unpaired) electrons. The van der Waals surface area contributed by atoms with Crippen LogP contribution in [0.2, 0.25) is 0 Å². The Morgan fingerprint density at radius 2 is 1.91 bits per heavy atom. The van der Waals surface area contributed by atoms with Gasteiger partial charge in [-0.25, -0.2) is 9.89 Å². The number of para-hydroxylation sites is 1. The van der Waals surface area contributed by atoms with Crippen LogP contribution in [-0.4, -0.2) is 50.7 Å². The van der Waals surface area contributed by atoms with E-state index in [-0.39, 0.29) is 5.97 Å². The number of rotatable bonds is 8. The van der Waals surface area contributed by atoms with Gasteiger partial charge in [0.25, 0.3) is 0 Å². The molecule has 1 aliphatic rings. The summed E-state index contributed by atoms with van der Waals surface area (Å²) in [6, 6.07) is 17.6. The number of carbonyl (C=O) groups is 1. The summed E-state index contributed by atoms with van der Waals surface area (Å²) in [6.07, 6.45) is -0.394. The van der Waals surface area contributed by atoms with E-state index in [1.165, 1.54) is 0 Å². The Hall–Kier alpha value is -3.70. The quantitative estimate of drug-likeness (QED) is 0.319. The summed E-state index contributed by atoms with van der Waals surface area (Å²) in [5, 5.41) is 17.6. The molecule has 0 aliphatic carbocycles. The second-order valence-electron chi connectivity index (χ2n) is 7.80. The Morgan fingerprint density at radius 1 is 1.09 bits per heavy atom. The first-order valence-corrected chi connectivity index (χ1v) is 12.1. The van der Waals surface area contributed by atoms with Gasteiger partial charge in [0, 0.05) is 18.8 Å². The van der Waals surface area contributed by atoms with E-state index >= 15 is 0 Å². The number of esters is 1. The minimum atomic E-state index is -0.394. The van der Waals surface area contributed by atoms with Crippen molar-refractivity contribution in [3.63, 3.8) is 0 Å². The highest BCUT2D eigenvalue weighted by molar-refractivity contribution is 9.10. The van der Waals surface area contributed by atoms with Gasteiger partial charge in [-0.05, 0) is 82.2 Å². The monoisotopic (exact) mass is 537 g/mol. The van der Waals surface area contributed by atoms with Crippen molar-refractivity contribution in [1.82, 2.24) is 25.2 Å². The van der Waals surface area contributed by atoms with Crippen LogP contribution in [0.1, 0.15) is 29.8 Å². The molecule has 2 N–H and O–H groups in total. The molecule has 0 bridgehead atoms. The highest BCUT2D eigenvalue weighted by Crippen LogP contribution is 2.39. The van der Waals surface area contributed by atoms with Crippen LogP contribution in [0.3, 0.4) is 0 Å². The van der Waals surface area contributed by atoms with Crippen molar-refractivity contribution in [1.29, 1.82) is 0 Å². The Bertz CT molecular complexity index is 1320. The standard InChI is InChI=1S/C24H24BrN7O3/c1-3-34-23(33)17-6-5-7-18-21(17)31(24(26-18)35-4-2)14-15-8-10-16(11-9-15)32-19(12-13-20(32)25)22-27-29-30-28-22/h5-13,24,26H,3-4,14H2,1-2H3,(H,27,28,29,30). The minimum Gasteiger partial charge on any atom is -0.462 e. The predicted octanol–water partition coefficient (Wildman–Crippen LogP) is 4.35. The summed E-state index contributed by atoms with van der Waals surface area (Å²) in [6.45, 7) is 5.12. The molecule has 10 nitrogen and oxygen atoms in total. The Balaban J connectivity index is 1.45. The first kappa shape index (κ1) is 23.1. The summed E-state index contributed by atoms with van der Waals surface area (Å²) in [5.74, 6) is 0.223. The summed E-state index contributed by atoms with van der Waals surface area (Å²) < 4.78 is 14.1. The molecule has 0 spiro atoms. The molecule has 0 fully saturated rings. The number of anilines is 2. The number of fused-ring (bicyclic) bond motifs is 1. The molecule has 3 heterocycles. The van der Waals surface area contributed by atoms with E-state index in [9.17, 15) is 4.79 Å². The highest BCUT2D eigenvalue weighted by Gasteiger charge is 2.33. The fraction of sp³-hybridized carbons (Fsp3) is 0.250. The zero-order chi connectivity index (χ0) is 24.4. The molecule has 0 saturated heterocycles. The number of ether oxygens (including phenoxy) is 2. The number of H-pyrrole nitrogens is 1. The second kappa shape index (κ2) is 9.88. The molecule has 1 unspecified atom stereocenters. The third-order valence-electron chi connectivity index (χ3n) is 5.67. The number of nitrogens with one attached hydrogen (secondary N) is 2. The lowest BCUT2D eigenvalue weighted by molar-refractivity contribution is 0.0525. The first-order chi connectivity index (χ1) is 17.1. The Morgan fingerprint density at radius 3 is 2.63 bits per heavy atom. The topological polar surface area (TPSA) is 110 Å². The number of hydrogen-bond donors (Lipinski definition) is 2. The fourth-order valence-electron chi connectivity index (χ4n) is 4.20. The van der Waals surface area contributed by atoms with Crippen LogP contribution in [0.5, 0.6) is 0 Å².